The van der Waals surface area contributed by atoms with Gasteiger partial charge in [0.2, 0.25) is 0 Å². The quantitative estimate of drug-likeness (QED) is 0.913. The Kier molecular flexibility index (Phi) is 4.31. The van der Waals surface area contributed by atoms with Crippen LogP contribution in [-0.4, -0.2) is 21.5 Å². The molecule has 0 saturated heterocycles. The Morgan fingerprint density at radius 1 is 1.24 bits per heavy atom. The van der Waals surface area contributed by atoms with Crippen molar-refractivity contribution in [2.45, 2.75) is 13.0 Å². The molecule has 0 amide bonds. The molecule has 0 fully saturated rings. The Labute approximate surface area is 116 Å². The number of halogens is 2. The maximum absolute atomic E-state index is 5.46. The predicted octanol–water partition coefficient (Wildman–Crippen LogP) is 2.82. The van der Waals surface area contributed by atoms with Gasteiger partial charge >= 0.3 is 0 Å². The summed E-state index contributed by atoms with van der Waals surface area (Å²) < 4.78 is 3.85. The SMILES string of the molecule is NCCCn1cc(-c2ccc(Br)c(Br)c2)nn1. The fourth-order valence-electron chi connectivity index (χ4n) is 1.45. The first-order valence-corrected chi connectivity index (χ1v) is 6.85. The van der Waals surface area contributed by atoms with Crippen LogP contribution >= 0.6 is 31.9 Å². The number of rotatable bonds is 4. The number of nitrogens with two attached hydrogens (primary N) is 1. The molecule has 90 valence electrons. The van der Waals surface area contributed by atoms with E-state index in [2.05, 4.69) is 42.2 Å². The highest BCUT2D eigenvalue weighted by molar-refractivity contribution is 9.13. The van der Waals surface area contributed by atoms with Crippen molar-refractivity contribution < 1.29 is 0 Å². The number of hydrogen-bond donors (Lipinski definition) is 1. The molecular formula is C11H12Br2N4. The first-order chi connectivity index (χ1) is 8.20. The zero-order valence-electron chi connectivity index (χ0n) is 9.11. The largest absolute Gasteiger partial charge is 0.330 e. The zero-order valence-corrected chi connectivity index (χ0v) is 12.3. The summed E-state index contributed by atoms with van der Waals surface area (Å²) >= 11 is 6.91. The molecule has 0 aliphatic rings. The first-order valence-electron chi connectivity index (χ1n) is 5.26. The molecule has 0 unspecified atom stereocenters. The van der Waals surface area contributed by atoms with Crippen molar-refractivity contribution in [2.75, 3.05) is 6.54 Å². The topological polar surface area (TPSA) is 56.7 Å². The third-order valence-corrected chi connectivity index (χ3v) is 4.23. The molecule has 2 rings (SSSR count). The second-order valence-corrected chi connectivity index (χ2v) is 5.35. The molecule has 0 aliphatic carbocycles. The minimum Gasteiger partial charge on any atom is -0.330 e. The Morgan fingerprint density at radius 2 is 2.06 bits per heavy atom. The molecule has 1 aromatic heterocycles. The molecule has 0 saturated carbocycles. The minimum absolute atomic E-state index is 0.666. The van der Waals surface area contributed by atoms with Gasteiger partial charge in [0.25, 0.3) is 0 Å². The van der Waals surface area contributed by atoms with E-state index in [-0.39, 0.29) is 0 Å². The maximum atomic E-state index is 5.46. The molecule has 1 aromatic carbocycles. The van der Waals surface area contributed by atoms with Gasteiger partial charge in [0.1, 0.15) is 5.69 Å². The molecular weight excluding hydrogens is 348 g/mol. The van der Waals surface area contributed by atoms with Gasteiger partial charge in [-0.3, -0.25) is 4.68 Å². The highest BCUT2D eigenvalue weighted by atomic mass is 79.9. The van der Waals surface area contributed by atoms with Crippen LogP contribution in [0.25, 0.3) is 11.3 Å². The Bertz CT molecular complexity index is 510. The lowest BCUT2D eigenvalue weighted by molar-refractivity contribution is 0.564. The number of hydrogen-bond acceptors (Lipinski definition) is 3. The molecule has 6 heteroatoms. The number of aromatic nitrogens is 3. The van der Waals surface area contributed by atoms with Crippen LogP contribution in [0.3, 0.4) is 0 Å². The van der Waals surface area contributed by atoms with Crippen LogP contribution in [0, 0.1) is 0 Å². The van der Waals surface area contributed by atoms with E-state index in [1.54, 1.807) is 0 Å². The Morgan fingerprint density at radius 3 is 2.76 bits per heavy atom. The standard InChI is InChI=1S/C11H12Br2N4/c12-9-3-2-8(6-10(9)13)11-7-17(16-15-11)5-1-4-14/h2-3,6-7H,1,4-5,14H2. The lowest BCUT2D eigenvalue weighted by atomic mass is 10.2. The molecule has 0 bridgehead atoms. The highest BCUT2D eigenvalue weighted by Crippen LogP contribution is 2.27. The van der Waals surface area contributed by atoms with Crippen molar-refractivity contribution in [3.05, 3.63) is 33.3 Å². The van der Waals surface area contributed by atoms with Crippen molar-refractivity contribution in [1.82, 2.24) is 15.0 Å². The zero-order chi connectivity index (χ0) is 12.3. The summed E-state index contributed by atoms with van der Waals surface area (Å²) in [4.78, 5) is 0. The van der Waals surface area contributed by atoms with Crippen molar-refractivity contribution >= 4 is 31.9 Å². The van der Waals surface area contributed by atoms with Crippen molar-refractivity contribution in [3.8, 4) is 11.3 Å². The van der Waals surface area contributed by atoms with Crippen molar-refractivity contribution in [3.63, 3.8) is 0 Å². The smallest absolute Gasteiger partial charge is 0.113 e. The number of benzene rings is 1. The van der Waals surface area contributed by atoms with Crippen molar-refractivity contribution in [2.24, 2.45) is 5.73 Å². The summed E-state index contributed by atoms with van der Waals surface area (Å²) in [7, 11) is 0. The van der Waals surface area contributed by atoms with Gasteiger partial charge in [-0.15, -0.1) is 5.10 Å². The lowest BCUT2D eigenvalue weighted by Crippen LogP contribution is -2.06. The molecule has 0 atom stereocenters. The van der Waals surface area contributed by atoms with Gasteiger partial charge in [0.15, 0.2) is 0 Å². The molecule has 2 N–H and O–H groups in total. The molecule has 4 nitrogen and oxygen atoms in total. The van der Waals surface area contributed by atoms with E-state index < -0.39 is 0 Å². The molecule has 2 aromatic rings. The van der Waals surface area contributed by atoms with Gasteiger partial charge < -0.3 is 5.73 Å². The van der Waals surface area contributed by atoms with Crippen LogP contribution in [0.1, 0.15) is 6.42 Å². The molecule has 17 heavy (non-hydrogen) atoms. The highest BCUT2D eigenvalue weighted by Gasteiger charge is 2.05. The fraction of sp³-hybridized carbons (Fsp3) is 0.273. The summed E-state index contributed by atoms with van der Waals surface area (Å²) in [6.07, 6.45) is 2.85. The number of nitrogens with zero attached hydrogens (tertiary/aromatic N) is 3. The van der Waals surface area contributed by atoms with Crippen LogP contribution in [0.5, 0.6) is 0 Å². The van der Waals surface area contributed by atoms with Gasteiger partial charge in [0, 0.05) is 21.1 Å². The predicted molar refractivity (Wildman–Crippen MR) is 74.5 cm³/mol. The van der Waals surface area contributed by atoms with E-state index in [0.717, 1.165) is 33.2 Å². The van der Waals surface area contributed by atoms with E-state index in [9.17, 15) is 0 Å². The van der Waals surface area contributed by atoms with E-state index in [1.165, 1.54) is 0 Å². The summed E-state index contributed by atoms with van der Waals surface area (Å²) in [5.41, 5.74) is 7.37. The molecule has 0 radical (unpaired) electrons. The Hall–Kier alpha value is -0.720. The van der Waals surface area contributed by atoms with Gasteiger partial charge in [-0.25, -0.2) is 0 Å². The third-order valence-electron chi connectivity index (χ3n) is 2.35. The van der Waals surface area contributed by atoms with E-state index in [0.29, 0.717) is 6.54 Å². The number of aryl methyl sites for hydroxylation is 1. The summed E-state index contributed by atoms with van der Waals surface area (Å²) in [5.74, 6) is 0. The van der Waals surface area contributed by atoms with E-state index in [4.69, 9.17) is 5.73 Å². The van der Waals surface area contributed by atoms with Crippen LogP contribution in [0.15, 0.2) is 33.3 Å². The van der Waals surface area contributed by atoms with Gasteiger partial charge in [-0.2, -0.15) is 0 Å². The molecule has 0 spiro atoms. The normalized spacial score (nSPS) is 10.8. The van der Waals surface area contributed by atoms with E-state index in [1.807, 2.05) is 29.1 Å². The summed E-state index contributed by atoms with van der Waals surface area (Å²) in [6.45, 7) is 1.47. The second kappa shape index (κ2) is 5.75. The summed E-state index contributed by atoms with van der Waals surface area (Å²) in [6, 6.07) is 6.01. The molecule has 0 aliphatic heterocycles. The van der Waals surface area contributed by atoms with Gasteiger partial charge in [-0.1, -0.05) is 11.3 Å². The average molecular weight is 360 g/mol. The van der Waals surface area contributed by atoms with Gasteiger partial charge in [0.05, 0.1) is 6.20 Å². The van der Waals surface area contributed by atoms with Crippen LogP contribution in [0.4, 0.5) is 0 Å². The van der Waals surface area contributed by atoms with Crippen LogP contribution in [0.2, 0.25) is 0 Å². The fourth-order valence-corrected chi connectivity index (χ4v) is 2.07. The molecule has 1 heterocycles. The van der Waals surface area contributed by atoms with Crippen LogP contribution in [-0.2, 0) is 6.54 Å². The van der Waals surface area contributed by atoms with Crippen LogP contribution < -0.4 is 5.73 Å². The average Bonchev–Trinajstić information content (AvgIpc) is 2.79. The Balaban J connectivity index is 2.21. The van der Waals surface area contributed by atoms with E-state index >= 15 is 0 Å². The lowest BCUT2D eigenvalue weighted by Gasteiger charge is -1.99. The second-order valence-electron chi connectivity index (χ2n) is 3.64. The minimum atomic E-state index is 0.666. The first kappa shape index (κ1) is 12.7. The maximum Gasteiger partial charge on any atom is 0.113 e. The third kappa shape index (κ3) is 3.14. The van der Waals surface area contributed by atoms with Gasteiger partial charge in [-0.05, 0) is 57.0 Å². The monoisotopic (exact) mass is 358 g/mol. The van der Waals surface area contributed by atoms with Crippen molar-refractivity contribution in [1.29, 1.82) is 0 Å². The summed E-state index contributed by atoms with van der Waals surface area (Å²) in [5, 5.41) is 8.21.